The monoisotopic (exact) mass is 334 g/mol. The summed E-state index contributed by atoms with van der Waals surface area (Å²) < 4.78 is 10.8. The minimum absolute atomic E-state index is 0.0405. The first-order valence-electron chi connectivity index (χ1n) is 8.04. The van der Waals surface area contributed by atoms with E-state index >= 15 is 0 Å². The molecule has 1 aromatic carbocycles. The van der Waals surface area contributed by atoms with E-state index in [1.54, 1.807) is 19.2 Å². The highest BCUT2D eigenvalue weighted by Crippen LogP contribution is 2.34. The van der Waals surface area contributed by atoms with E-state index in [9.17, 15) is 10.1 Å². The first kappa shape index (κ1) is 16.5. The average Bonchev–Trinajstić information content (AvgIpc) is 3.21. The second-order valence-electron chi connectivity index (χ2n) is 6.05. The van der Waals surface area contributed by atoms with Crippen LogP contribution in [0.4, 0.5) is 5.69 Å². The Morgan fingerprint density at radius 1 is 1.50 bits per heavy atom. The topological polar surface area (TPSA) is 98.0 Å². The lowest BCUT2D eigenvalue weighted by molar-refractivity contribution is -0.385. The molecule has 8 heteroatoms. The third-order valence-electron chi connectivity index (χ3n) is 4.55. The van der Waals surface area contributed by atoms with Gasteiger partial charge in [-0.1, -0.05) is 6.07 Å². The number of hydrogen-bond acceptors (Lipinski definition) is 5. The summed E-state index contributed by atoms with van der Waals surface area (Å²) >= 11 is 0. The molecule has 1 aromatic rings. The van der Waals surface area contributed by atoms with Crippen LogP contribution in [-0.4, -0.2) is 43.3 Å². The zero-order valence-electron chi connectivity index (χ0n) is 13.8. The lowest BCUT2D eigenvalue weighted by atomic mass is 9.96. The zero-order chi connectivity index (χ0) is 17.1. The van der Waals surface area contributed by atoms with Crippen LogP contribution in [-0.2, 0) is 11.3 Å². The number of nitrogens with one attached hydrogen (secondary N) is 2. The van der Waals surface area contributed by atoms with Gasteiger partial charge in [-0.25, -0.2) is 0 Å². The molecule has 8 nitrogen and oxygen atoms in total. The Morgan fingerprint density at radius 3 is 2.92 bits per heavy atom. The summed E-state index contributed by atoms with van der Waals surface area (Å²) in [5.74, 6) is 0.931. The molecule has 130 valence electrons. The molecule has 2 saturated heterocycles. The molecular weight excluding hydrogens is 312 g/mol. The van der Waals surface area contributed by atoms with Crippen LogP contribution < -0.4 is 15.4 Å². The van der Waals surface area contributed by atoms with Gasteiger partial charge in [0.2, 0.25) is 0 Å². The van der Waals surface area contributed by atoms with Gasteiger partial charge in [0.15, 0.2) is 11.7 Å². The van der Waals surface area contributed by atoms with E-state index in [0.29, 0.717) is 18.6 Å². The quantitative estimate of drug-likeness (QED) is 0.367. The van der Waals surface area contributed by atoms with E-state index < -0.39 is 4.92 Å². The number of nitro groups is 1. The van der Waals surface area contributed by atoms with Gasteiger partial charge < -0.3 is 20.1 Å². The van der Waals surface area contributed by atoms with Crippen molar-refractivity contribution in [1.29, 1.82) is 0 Å². The van der Waals surface area contributed by atoms with E-state index in [2.05, 4.69) is 15.6 Å². The molecular formula is C16H22N4O4. The number of methoxy groups -OCH3 is 1. The average molecular weight is 334 g/mol. The Kier molecular flexibility index (Phi) is 4.84. The number of fused-ring (bicyclic) bond motifs is 2. The summed E-state index contributed by atoms with van der Waals surface area (Å²) in [5.41, 5.74) is 0.746. The van der Waals surface area contributed by atoms with Gasteiger partial charge in [0, 0.05) is 19.7 Å². The van der Waals surface area contributed by atoms with Crippen molar-refractivity contribution in [3.05, 3.63) is 33.9 Å². The number of nitro benzene ring substituents is 1. The van der Waals surface area contributed by atoms with Gasteiger partial charge in [0.05, 0.1) is 30.3 Å². The molecule has 0 aliphatic carbocycles. The summed E-state index contributed by atoms with van der Waals surface area (Å²) in [6.45, 7) is 0.437. The van der Waals surface area contributed by atoms with Crippen molar-refractivity contribution in [2.75, 3.05) is 14.2 Å². The van der Waals surface area contributed by atoms with Gasteiger partial charge in [-0.15, -0.1) is 0 Å². The molecule has 3 unspecified atom stereocenters. The maximum atomic E-state index is 11.1. The van der Waals surface area contributed by atoms with Gasteiger partial charge in [-0.05, 0) is 30.9 Å². The van der Waals surface area contributed by atoms with Crippen LogP contribution in [0.3, 0.4) is 0 Å². The molecule has 0 amide bonds. The third-order valence-corrected chi connectivity index (χ3v) is 4.55. The van der Waals surface area contributed by atoms with Crippen LogP contribution in [0.2, 0.25) is 0 Å². The van der Waals surface area contributed by atoms with Crippen LogP contribution in [0, 0.1) is 10.1 Å². The number of ether oxygens (including phenoxy) is 2. The molecule has 2 heterocycles. The summed E-state index contributed by atoms with van der Waals surface area (Å²) in [7, 11) is 3.13. The van der Waals surface area contributed by atoms with Crippen molar-refractivity contribution >= 4 is 11.6 Å². The van der Waals surface area contributed by atoms with E-state index in [4.69, 9.17) is 9.47 Å². The van der Waals surface area contributed by atoms with E-state index in [1.165, 1.54) is 13.2 Å². The minimum Gasteiger partial charge on any atom is -0.490 e. The van der Waals surface area contributed by atoms with Crippen molar-refractivity contribution in [1.82, 2.24) is 10.6 Å². The SMILES string of the molecule is CN=C(NCc1ccc(OC)c([N+](=O)[O-])c1)NC1CC2CCC1O2. The molecule has 2 N–H and O–H groups in total. The predicted molar refractivity (Wildman–Crippen MR) is 89.3 cm³/mol. The molecule has 0 radical (unpaired) electrons. The molecule has 24 heavy (non-hydrogen) atoms. The Bertz CT molecular complexity index is 649. The Balaban J connectivity index is 1.59. The lowest BCUT2D eigenvalue weighted by Gasteiger charge is -2.22. The summed E-state index contributed by atoms with van der Waals surface area (Å²) in [5, 5.41) is 17.7. The van der Waals surface area contributed by atoms with Gasteiger partial charge in [-0.3, -0.25) is 15.1 Å². The van der Waals surface area contributed by atoms with Crippen LogP contribution in [0.15, 0.2) is 23.2 Å². The Morgan fingerprint density at radius 2 is 2.33 bits per heavy atom. The van der Waals surface area contributed by atoms with Gasteiger partial charge in [0.1, 0.15) is 0 Å². The normalized spacial score (nSPS) is 25.6. The highest BCUT2D eigenvalue weighted by Gasteiger charge is 2.41. The number of rotatable bonds is 5. The van der Waals surface area contributed by atoms with Crippen LogP contribution in [0.25, 0.3) is 0 Å². The van der Waals surface area contributed by atoms with Crippen LogP contribution >= 0.6 is 0 Å². The van der Waals surface area contributed by atoms with Crippen molar-refractivity contribution in [2.45, 2.75) is 44.1 Å². The number of nitrogens with zero attached hydrogens (tertiary/aromatic N) is 2. The first-order chi connectivity index (χ1) is 11.6. The fourth-order valence-corrected chi connectivity index (χ4v) is 3.33. The number of benzene rings is 1. The summed E-state index contributed by atoms with van der Waals surface area (Å²) in [4.78, 5) is 14.9. The predicted octanol–water partition coefficient (Wildman–Crippen LogP) is 1.59. The fourth-order valence-electron chi connectivity index (χ4n) is 3.33. The number of hydrogen-bond donors (Lipinski definition) is 2. The summed E-state index contributed by atoms with van der Waals surface area (Å²) in [6.07, 6.45) is 3.86. The van der Waals surface area contributed by atoms with E-state index in [0.717, 1.165) is 24.8 Å². The van der Waals surface area contributed by atoms with Gasteiger partial charge in [0.25, 0.3) is 0 Å². The highest BCUT2D eigenvalue weighted by atomic mass is 16.6. The Labute approximate surface area is 140 Å². The molecule has 2 fully saturated rings. The third kappa shape index (κ3) is 3.43. The second kappa shape index (κ2) is 7.04. The highest BCUT2D eigenvalue weighted by molar-refractivity contribution is 5.80. The molecule has 2 bridgehead atoms. The van der Waals surface area contributed by atoms with Crippen molar-refractivity contribution in [2.24, 2.45) is 4.99 Å². The van der Waals surface area contributed by atoms with Crippen molar-refractivity contribution < 1.29 is 14.4 Å². The molecule has 2 aliphatic heterocycles. The van der Waals surface area contributed by atoms with Crippen LogP contribution in [0.1, 0.15) is 24.8 Å². The number of aliphatic imine (C=N–C) groups is 1. The number of guanidine groups is 1. The molecule has 0 spiro atoms. The summed E-state index contributed by atoms with van der Waals surface area (Å²) in [6, 6.07) is 5.20. The standard InChI is InChI=1S/C16H22N4O4/c1-17-16(19-12-8-11-4-6-14(12)24-11)18-9-10-3-5-15(23-2)13(7-10)20(21)22/h3,5,7,11-12,14H,4,6,8-9H2,1-2H3,(H2,17,18,19). The van der Waals surface area contributed by atoms with Crippen LogP contribution in [0.5, 0.6) is 5.75 Å². The van der Waals surface area contributed by atoms with Gasteiger partial charge in [-0.2, -0.15) is 0 Å². The van der Waals surface area contributed by atoms with Gasteiger partial charge >= 0.3 is 5.69 Å². The largest absolute Gasteiger partial charge is 0.490 e. The fraction of sp³-hybridized carbons (Fsp3) is 0.562. The maximum absolute atomic E-state index is 11.1. The molecule has 0 saturated carbocycles. The molecule has 3 rings (SSSR count). The second-order valence-corrected chi connectivity index (χ2v) is 6.05. The smallest absolute Gasteiger partial charge is 0.311 e. The minimum atomic E-state index is -0.442. The van der Waals surface area contributed by atoms with E-state index in [1.807, 2.05) is 0 Å². The van der Waals surface area contributed by atoms with Crippen molar-refractivity contribution in [3.8, 4) is 5.75 Å². The zero-order valence-corrected chi connectivity index (χ0v) is 13.8. The molecule has 3 atom stereocenters. The molecule has 2 aliphatic rings. The lowest BCUT2D eigenvalue weighted by Crippen LogP contribution is -2.47. The van der Waals surface area contributed by atoms with E-state index in [-0.39, 0.29) is 23.6 Å². The maximum Gasteiger partial charge on any atom is 0.311 e. The Hall–Kier alpha value is -2.35. The first-order valence-corrected chi connectivity index (χ1v) is 8.04. The molecule has 0 aromatic heterocycles. The van der Waals surface area contributed by atoms with Crippen molar-refractivity contribution in [3.63, 3.8) is 0 Å².